The summed E-state index contributed by atoms with van der Waals surface area (Å²) in [5.41, 5.74) is 1.16. The van der Waals surface area contributed by atoms with Crippen molar-refractivity contribution >= 4 is 33.2 Å². The Labute approximate surface area is 137 Å². The second-order valence-corrected chi connectivity index (χ2v) is 7.80. The van der Waals surface area contributed by atoms with Crippen LogP contribution in [0.5, 0.6) is 0 Å². The second kappa shape index (κ2) is 7.83. The molecule has 0 heterocycles. The van der Waals surface area contributed by atoms with Crippen molar-refractivity contribution in [1.29, 1.82) is 0 Å². The first-order chi connectivity index (χ1) is 10.1. The zero-order valence-corrected chi connectivity index (χ0v) is 15.0. The molecule has 1 rings (SSSR count). The first-order valence-electron chi connectivity index (χ1n) is 7.18. The molecule has 5 nitrogen and oxygen atoms in total. The summed E-state index contributed by atoms with van der Waals surface area (Å²) in [6, 6.07) is 4.92. The maximum absolute atomic E-state index is 12.1. The van der Waals surface area contributed by atoms with Gasteiger partial charge in [0.1, 0.15) is 6.54 Å². The van der Waals surface area contributed by atoms with Gasteiger partial charge in [0, 0.05) is 11.1 Å². The Hall–Kier alpha value is -1.27. The summed E-state index contributed by atoms with van der Waals surface area (Å²) >= 11 is 5.90. The standard InChI is InChI=1S/C15H23ClN2O3S/c1-5-6-12(3)17-15(19)10-18(22(4,20)21)14-8-7-13(16)9-11(14)2/h7-9,12H,5-6,10H2,1-4H3,(H,17,19)/t12-/m0/s1. The Balaban J connectivity index is 2.98. The van der Waals surface area contributed by atoms with Gasteiger partial charge in [0.05, 0.1) is 11.9 Å². The highest BCUT2D eigenvalue weighted by Gasteiger charge is 2.22. The minimum atomic E-state index is -3.57. The minimum absolute atomic E-state index is 0.0187. The molecule has 0 aromatic heterocycles. The third kappa shape index (κ3) is 5.50. The molecule has 0 radical (unpaired) electrons. The Morgan fingerprint density at radius 3 is 2.55 bits per heavy atom. The molecule has 7 heteroatoms. The smallest absolute Gasteiger partial charge is 0.240 e. The van der Waals surface area contributed by atoms with E-state index in [9.17, 15) is 13.2 Å². The van der Waals surface area contributed by atoms with Crippen LogP contribution in [0, 0.1) is 6.92 Å². The van der Waals surface area contributed by atoms with Crippen LogP contribution < -0.4 is 9.62 Å². The van der Waals surface area contributed by atoms with Gasteiger partial charge in [-0.2, -0.15) is 0 Å². The number of nitrogens with zero attached hydrogens (tertiary/aromatic N) is 1. The average molecular weight is 347 g/mol. The predicted octanol–water partition coefficient (Wildman–Crippen LogP) is 2.72. The predicted molar refractivity (Wildman–Crippen MR) is 90.9 cm³/mol. The fraction of sp³-hybridized carbons (Fsp3) is 0.533. The first kappa shape index (κ1) is 18.8. The summed E-state index contributed by atoms with van der Waals surface area (Å²) in [5.74, 6) is -0.319. The number of hydrogen-bond acceptors (Lipinski definition) is 3. The SMILES string of the molecule is CCC[C@H](C)NC(=O)CN(c1ccc(Cl)cc1C)S(C)(=O)=O. The van der Waals surface area contributed by atoms with Crippen LogP contribution in [0.3, 0.4) is 0 Å². The maximum Gasteiger partial charge on any atom is 0.240 e. The van der Waals surface area contributed by atoms with Crippen LogP contribution in [0.2, 0.25) is 5.02 Å². The minimum Gasteiger partial charge on any atom is -0.352 e. The lowest BCUT2D eigenvalue weighted by Gasteiger charge is -2.24. The summed E-state index contributed by atoms with van der Waals surface area (Å²) < 4.78 is 25.2. The van der Waals surface area contributed by atoms with E-state index in [1.54, 1.807) is 25.1 Å². The van der Waals surface area contributed by atoms with E-state index in [4.69, 9.17) is 11.6 Å². The van der Waals surface area contributed by atoms with Gasteiger partial charge in [-0.3, -0.25) is 9.10 Å². The van der Waals surface area contributed by atoms with E-state index in [-0.39, 0.29) is 18.5 Å². The first-order valence-corrected chi connectivity index (χ1v) is 9.41. The van der Waals surface area contributed by atoms with Crippen molar-refractivity contribution in [2.75, 3.05) is 17.1 Å². The number of rotatable bonds is 7. The van der Waals surface area contributed by atoms with E-state index in [1.807, 2.05) is 13.8 Å². The van der Waals surface area contributed by atoms with Gasteiger partial charge in [-0.15, -0.1) is 0 Å². The molecule has 0 aliphatic carbocycles. The van der Waals surface area contributed by atoms with Gasteiger partial charge in [0.15, 0.2) is 0 Å². The van der Waals surface area contributed by atoms with E-state index in [0.717, 1.165) is 23.4 Å². The molecule has 1 atom stereocenters. The number of amides is 1. The molecule has 0 unspecified atom stereocenters. The lowest BCUT2D eigenvalue weighted by atomic mass is 10.2. The topological polar surface area (TPSA) is 66.5 Å². The molecular weight excluding hydrogens is 324 g/mol. The van der Waals surface area contributed by atoms with Crippen molar-refractivity contribution in [3.8, 4) is 0 Å². The van der Waals surface area contributed by atoms with Gasteiger partial charge < -0.3 is 5.32 Å². The Morgan fingerprint density at radius 1 is 1.41 bits per heavy atom. The summed E-state index contributed by atoms with van der Waals surface area (Å²) in [4.78, 5) is 12.1. The number of carbonyl (C=O) groups is 1. The lowest BCUT2D eigenvalue weighted by Crippen LogP contribution is -2.43. The Kier molecular flexibility index (Phi) is 6.68. The third-order valence-corrected chi connectivity index (χ3v) is 4.61. The van der Waals surface area contributed by atoms with E-state index in [0.29, 0.717) is 16.3 Å². The number of nitrogens with one attached hydrogen (secondary N) is 1. The highest BCUT2D eigenvalue weighted by Crippen LogP contribution is 2.25. The molecule has 0 aliphatic rings. The van der Waals surface area contributed by atoms with Crippen molar-refractivity contribution in [2.45, 2.75) is 39.7 Å². The van der Waals surface area contributed by atoms with Crippen LogP contribution in [0.4, 0.5) is 5.69 Å². The number of anilines is 1. The van der Waals surface area contributed by atoms with Gasteiger partial charge in [-0.05, 0) is 44.0 Å². The van der Waals surface area contributed by atoms with Crippen molar-refractivity contribution in [3.05, 3.63) is 28.8 Å². The zero-order chi connectivity index (χ0) is 16.9. The Bertz CT molecular complexity index is 632. The second-order valence-electron chi connectivity index (χ2n) is 5.46. The summed E-state index contributed by atoms with van der Waals surface area (Å²) in [6.45, 7) is 5.45. The van der Waals surface area contributed by atoms with Crippen LogP contribution in [0.15, 0.2) is 18.2 Å². The number of hydrogen-bond donors (Lipinski definition) is 1. The molecule has 22 heavy (non-hydrogen) atoms. The quantitative estimate of drug-likeness (QED) is 0.825. The molecule has 1 aromatic carbocycles. The molecule has 0 saturated carbocycles. The molecule has 1 aromatic rings. The molecule has 1 amide bonds. The zero-order valence-electron chi connectivity index (χ0n) is 13.4. The van der Waals surface area contributed by atoms with E-state index in [1.165, 1.54) is 0 Å². The van der Waals surface area contributed by atoms with Gasteiger partial charge >= 0.3 is 0 Å². The maximum atomic E-state index is 12.1. The largest absolute Gasteiger partial charge is 0.352 e. The van der Waals surface area contributed by atoms with Crippen molar-refractivity contribution in [1.82, 2.24) is 5.32 Å². The fourth-order valence-corrected chi connectivity index (χ4v) is 3.38. The monoisotopic (exact) mass is 346 g/mol. The van der Waals surface area contributed by atoms with Crippen LogP contribution in [0.25, 0.3) is 0 Å². The van der Waals surface area contributed by atoms with E-state index in [2.05, 4.69) is 5.32 Å². The molecule has 0 fully saturated rings. The lowest BCUT2D eigenvalue weighted by molar-refractivity contribution is -0.120. The summed E-state index contributed by atoms with van der Waals surface area (Å²) in [7, 11) is -3.57. The van der Waals surface area contributed by atoms with Crippen LogP contribution in [-0.2, 0) is 14.8 Å². The van der Waals surface area contributed by atoms with Crippen molar-refractivity contribution < 1.29 is 13.2 Å². The summed E-state index contributed by atoms with van der Waals surface area (Å²) in [5, 5.41) is 3.34. The highest BCUT2D eigenvalue weighted by atomic mass is 35.5. The van der Waals surface area contributed by atoms with Crippen LogP contribution in [0.1, 0.15) is 32.3 Å². The third-order valence-electron chi connectivity index (χ3n) is 3.24. The molecule has 0 aliphatic heterocycles. The molecule has 1 N–H and O–H groups in total. The van der Waals surface area contributed by atoms with E-state index >= 15 is 0 Å². The average Bonchev–Trinajstić information content (AvgIpc) is 2.35. The molecule has 124 valence electrons. The van der Waals surface area contributed by atoms with Crippen LogP contribution in [-0.4, -0.2) is 33.2 Å². The van der Waals surface area contributed by atoms with Gasteiger partial charge in [0.25, 0.3) is 0 Å². The van der Waals surface area contributed by atoms with Gasteiger partial charge in [-0.1, -0.05) is 24.9 Å². The van der Waals surface area contributed by atoms with Crippen molar-refractivity contribution in [2.24, 2.45) is 0 Å². The van der Waals surface area contributed by atoms with E-state index < -0.39 is 10.0 Å². The van der Waals surface area contributed by atoms with Gasteiger partial charge in [-0.25, -0.2) is 8.42 Å². The Morgan fingerprint density at radius 2 is 2.05 bits per heavy atom. The fourth-order valence-electron chi connectivity index (χ4n) is 2.24. The molecule has 0 saturated heterocycles. The number of carbonyl (C=O) groups excluding carboxylic acids is 1. The summed E-state index contributed by atoms with van der Waals surface area (Å²) in [6.07, 6.45) is 2.89. The number of benzene rings is 1. The molecule has 0 bridgehead atoms. The highest BCUT2D eigenvalue weighted by molar-refractivity contribution is 7.92. The van der Waals surface area contributed by atoms with Crippen molar-refractivity contribution in [3.63, 3.8) is 0 Å². The number of halogens is 1. The van der Waals surface area contributed by atoms with Crippen LogP contribution >= 0.6 is 11.6 Å². The molecular formula is C15H23ClN2O3S. The number of sulfonamides is 1. The van der Waals surface area contributed by atoms with Gasteiger partial charge in [0.2, 0.25) is 15.9 Å². The normalized spacial score (nSPS) is 12.8. The number of aryl methyl sites for hydroxylation is 1. The molecule has 0 spiro atoms.